The minimum atomic E-state index is -0.710. The molecule has 0 heterocycles. The molecule has 0 saturated carbocycles. The van der Waals surface area contributed by atoms with Crippen LogP contribution in [-0.4, -0.2) is 25.1 Å². The molecule has 2 aromatic rings. The van der Waals surface area contributed by atoms with Gasteiger partial charge >= 0.3 is 5.97 Å². The van der Waals surface area contributed by atoms with Crippen LogP contribution in [0.5, 0.6) is 11.5 Å². The Balaban J connectivity index is 1.76. The molecule has 0 saturated heterocycles. The molecule has 0 aromatic heterocycles. The Bertz CT molecular complexity index is 640. The Kier molecular flexibility index (Phi) is 5.99. The fourth-order valence-electron chi connectivity index (χ4n) is 1.71. The van der Waals surface area contributed by atoms with Crippen molar-refractivity contribution in [3.8, 4) is 11.5 Å². The lowest BCUT2D eigenvalue weighted by molar-refractivity contribution is -0.149. The van der Waals surface area contributed by atoms with Crippen molar-refractivity contribution in [3.63, 3.8) is 0 Å². The van der Waals surface area contributed by atoms with E-state index in [4.69, 9.17) is 15.2 Å². The third-order valence-corrected chi connectivity index (χ3v) is 2.80. The van der Waals surface area contributed by atoms with Gasteiger partial charge in [-0.05, 0) is 29.8 Å². The zero-order chi connectivity index (χ0) is 16.5. The molecule has 1 amide bonds. The van der Waals surface area contributed by atoms with Gasteiger partial charge in [0.1, 0.15) is 18.1 Å². The topological polar surface area (TPSA) is 87.9 Å². The largest absolute Gasteiger partial charge is 0.489 e. The molecular weight excluding hydrogens is 298 g/mol. The molecule has 2 rings (SSSR count). The second kappa shape index (κ2) is 8.43. The lowest BCUT2D eigenvalue weighted by Gasteiger charge is -2.08. The summed E-state index contributed by atoms with van der Waals surface area (Å²) in [5.74, 6) is -0.183. The molecule has 0 radical (unpaired) electrons. The Morgan fingerprint density at radius 1 is 0.826 bits per heavy atom. The SMILES string of the molecule is NC(=O)COC(=O)COc1ccc(OCc2ccccc2)cc1. The average molecular weight is 315 g/mol. The van der Waals surface area contributed by atoms with Crippen molar-refractivity contribution >= 4 is 11.9 Å². The van der Waals surface area contributed by atoms with Gasteiger partial charge in [-0.15, -0.1) is 0 Å². The summed E-state index contributed by atoms with van der Waals surface area (Å²) in [6, 6.07) is 16.7. The van der Waals surface area contributed by atoms with E-state index in [0.717, 1.165) is 5.56 Å². The van der Waals surface area contributed by atoms with Crippen molar-refractivity contribution in [1.82, 2.24) is 0 Å². The van der Waals surface area contributed by atoms with Gasteiger partial charge in [0.05, 0.1) is 0 Å². The van der Waals surface area contributed by atoms with E-state index in [1.807, 2.05) is 30.3 Å². The number of benzene rings is 2. The first-order chi connectivity index (χ1) is 11.1. The molecule has 0 aliphatic rings. The fourth-order valence-corrected chi connectivity index (χ4v) is 1.71. The minimum absolute atomic E-state index is 0.294. The van der Waals surface area contributed by atoms with E-state index in [0.29, 0.717) is 18.1 Å². The van der Waals surface area contributed by atoms with Crippen molar-refractivity contribution in [2.45, 2.75) is 6.61 Å². The van der Waals surface area contributed by atoms with Gasteiger partial charge in [0.2, 0.25) is 0 Å². The molecule has 6 nitrogen and oxygen atoms in total. The first kappa shape index (κ1) is 16.4. The van der Waals surface area contributed by atoms with Gasteiger partial charge in [-0.3, -0.25) is 4.79 Å². The molecule has 23 heavy (non-hydrogen) atoms. The van der Waals surface area contributed by atoms with E-state index in [1.54, 1.807) is 24.3 Å². The van der Waals surface area contributed by atoms with Crippen molar-refractivity contribution in [1.29, 1.82) is 0 Å². The van der Waals surface area contributed by atoms with Gasteiger partial charge in [-0.25, -0.2) is 4.79 Å². The molecule has 0 unspecified atom stereocenters. The third kappa shape index (κ3) is 6.09. The highest BCUT2D eigenvalue weighted by Gasteiger charge is 2.06. The number of nitrogens with two attached hydrogens (primary N) is 1. The Morgan fingerprint density at radius 2 is 1.43 bits per heavy atom. The van der Waals surface area contributed by atoms with Crippen LogP contribution in [-0.2, 0) is 20.9 Å². The monoisotopic (exact) mass is 315 g/mol. The van der Waals surface area contributed by atoms with Crippen molar-refractivity contribution in [3.05, 3.63) is 60.2 Å². The minimum Gasteiger partial charge on any atom is -0.489 e. The van der Waals surface area contributed by atoms with Crippen LogP contribution in [0, 0.1) is 0 Å². The van der Waals surface area contributed by atoms with E-state index in [-0.39, 0.29) is 6.61 Å². The summed E-state index contributed by atoms with van der Waals surface area (Å²) in [4.78, 5) is 21.7. The van der Waals surface area contributed by atoms with E-state index in [9.17, 15) is 9.59 Å². The Hall–Kier alpha value is -3.02. The van der Waals surface area contributed by atoms with Gasteiger partial charge in [0.15, 0.2) is 13.2 Å². The first-order valence-electron chi connectivity index (χ1n) is 6.97. The van der Waals surface area contributed by atoms with Gasteiger partial charge in [-0.2, -0.15) is 0 Å². The van der Waals surface area contributed by atoms with Crippen molar-refractivity contribution < 1.29 is 23.8 Å². The van der Waals surface area contributed by atoms with E-state index in [1.165, 1.54) is 0 Å². The third-order valence-electron chi connectivity index (χ3n) is 2.80. The van der Waals surface area contributed by atoms with Crippen molar-refractivity contribution in [2.75, 3.05) is 13.2 Å². The summed E-state index contributed by atoms with van der Waals surface area (Å²) in [7, 11) is 0. The molecule has 6 heteroatoms. The number of hydrogen-bond donors (Lipinski definition) is 1. The van der Waals surface area contributed by atoms with E-state index < -0.39 is 18.5 Å². The highest BCUT2D eigenvalue weighted by molar-refractivity contribution is 5.79. The summed E-state index contributed by atoms with van der Waals surface area (Å²) in [5, 5.41) is 0. The van der Waals surface area contributed by atoms with Crippen LogP contribution >= 0.6 is 0 Å². The maximum Gasteiger partial charge on any atom is 0.344 e. The van der Waals surface area contributed by atoms with Gasteiger partial charge in [0.25, 0.3) is 5.91 Å². The molecule has 2 aromatic carbocycles. The normalized spacial score (nSPS) is 9.91. The summed E-state index contributed by atoms with van der Waals surface area (Å²) >= 11 is 0. The highest BCUT2D eigenvalue weighted by atomic mass is 16.6. The zero-order valence-electron chi connectivity index (χ0n) is 12.4. The maximum absolute atomic E-state index is 11.3. The second-order valence-electron chi connectivity index (χ2n) is 4.66. The fraction of sp³-hybridized carbons (Fsp3) is 0.176. The molecule has 2 N–H and O–H groups in total. The predicted molar refractivity (Wildman–Crippen MR) is 82.9 cm³/mol. The van der Waals surface area contributed by atoms with Gasteiger partial charge < -0.3 is 19.9 Å². The number of esters is 1. The van der Waals surface area contributed by atoms with Crippen LogP contribution < -0.4 is 15.2 Å². The number of ether oxygens (including phenoxy) is 3. The first-order valence-corrected chi connectivity index (χ1v) is 6.97. The summed E-state index contributed by atoms with van der Waals surface area (Å²) in [6.07, 6.45) is 0. The summed E-state index contributed by atoms with van der Waals surface area (Å²) < 4.78 is 15.4. The zero-order valence-corrected chi connectivity index (χ0v) is 12.4. The quantitative estimate of drug-likeness (QED) is 0.749. The highest BCUT2D eigenvalue weighted by Crippen LogP contribution is 2.18. The number of primary amides is 1. The Labute approximate surface area is 133 Å². The summed E-state index contributed by atoms with van der Waals surface area (Å²) in [5.41, 5.74) is 5.94. The predicted octanol–water partition coefficient (Wildman–Crippen LogP) is 1.67. The summed E-state index contributed by atoms with van der Waals surface area (Å²) in [6.45, 7) is -0.271. The molecule has 120 valence electrons. The van der Waals surface area contributed by atoms with Crippen molar-refractivity contribution in [2.24, 2.45) is 5.73 Å². The average Bonchev–Trinajstić information content (AvgIpc) is 2.58. The van der Waals surface area contributed by atoms with E-state index >= 15 is 0 Å². The van der Waals surface area contributed by atoms with Crippen LogP contribution in [0.4, 0.5) is 0 Å². The standard InChI is InChI=1S/C17H17NO5/c18-16(19)11-23-17(20)12-22-15-8-6-14(7-9-15)21-10-13-4-2-1-3-5-13/h1-9H,10-12H2,(H2,18,19). The van der Waals surface area contributed by atoms with Gasteiger partial charge in [-0.1, -0.05) is 30.3 Å². The van der Waals surface area contributed by atoms with Gasteiger partial charge in [0, 0.05) is 0 Å². The van der Waals surface area contributed by atoms with Crippen LogP contribution in [0.1, 0.15) is 5.56 Å². The molecule has 0 spiro atoms. The number of amides is 1. The smallest absolute Gasteiger partial charge is 0.344 e. The van der Waals surface area contributed by atoms with Crippen LogP contribution in [0.15, 0.2) is 54.6 Å². The number of rotatable bonds is 8. The lowest BCUT2D eigenvalue weighted by Crippen LogP contribution is -2.23. The number of hydrogen-bond acceptors (Lipinski definition) is 5. The van der Waals surface area contributed by atoms with Crippen LogP contribution in [0.3, 0.4) is 0 Å². The van der Waals surface area contributed by atoms with E-state index in [2.05, 4.69) is 4.74 Å². The molecule has 0 aliphatic heterocycles. The lowest BCUT2D eigenvalue weighted by atomic mass is 10.2. The second-order valence-corrected chi connectivity index (χ2v) is 4.66. The van der Waals surface area contributed by atoms with Crippen LogP contribution in [0.25, 0.3) is 0 Å². The number of carbonyl (C=O) groups excluding carboxylic acids is 2. The molecular formula is C17H17NO5. The maximum atomic E-state index is 11.3. The molecule has 0 aliphatic carbocycles. The van der Waals surface area contributed by atoms with Crippen LogP contribution in [0.2, 0.25) is 0 Å². The molecule has 0 atom stereocenters. The molecule has 0 bridgehead atoms. The Morgan fingerprint density at radius 3 is 2.04 bits per heavy atom. The molecule has 0 fully saturated rings. The number of carbonyl (C=O) groups is 2.